The van der Waals surface area contributed by atoms with E-state index in [0.29, 0.717) is 0 Å². The maximum atomic E-state index is 9.22. The molecule has 0 aromatic heterocycles. The van der Waals surface area contributed by atoms with E-state index in [1.807, 2.05) is 48.5 Å². The fourth-order valence-electron chi connectivity index (χ4n) is 1.99. The van der Waals surface area contributed by atoms with Gasteiger partial charge in [-0.2, -0.15) is 0 Å². The summed E-state index contributed by atoms with van der Waals surface area (Å²) < 4.78 is 0. The fourth-order valence-corrected chi connectivity index (χ4v) is 1.99. The van der Waals surface area contributed by atoms with E-state index in [-0.39, 0.29) is 6.61 Å². The van der Waals surface area contributed by atoms with Crippen molar-refractivity contribution < 1.29 is 5.11 Å². The molecule has 2 aromatic rings. The quantitative estimate of drug-likeness (QED) is 0.839. The van der Waals surface area contributed by atoms with Gasteiger partial charge in [0.05, 0.1) is 6.61 Å². The lowest BCUT2D eigenvalue weighted by atomic mass is 9.96. The van der Waals surface area contributed by atoms with Gasteiger partial charge >= 0.3 is 0 Å². The van der Waals surface area contributed by atoms with Gasteiger partial charge in [0.15, 0.2) is 0 Å². The molecule has 1 N–H and O–H groups in total. The molecule has 0 radical (unpaired) electrons. The molecular weight excluding hydrogens is 244 g/mol. The summed E-state index contributed by atoms with van der Waals surface area (Å²) >= 11 is 0. The monoisotopic (exact) mass is 258 g/mol. The van der Waals surface area contributed by atoms with E-state index in [9.17, 15) is 5.11 Å². The normalized spacial score (nSPS) is 9.35. The standard InChI is InChI=1S/C19H14O/c1-3-15-5-9-17(10-6-15)19(13-14-20)18-11-7-16(4-2)8-12-18/h1-2,5-13,20H,14H2. The Balaban J connectivity index is 2.43. The number of hydrogen-bond donors (Lipinski definition) is 1. The van der Waals surface area contributed by atoms with Gasteiger partial charge in [-0.25, -0.2) is 0 Å². The SMILES string of the molecule is C#Cc1ccc(C(=CCO)c2ccc(C#C)cc2)cc1. The summed E-state index contributed by atoms with van der Waals surface area (Å²) in [5.41, 5.74) is 4.64. The largest absolute Gasteiger partial charge is 0.392 e. The number of terminal acetylenes is 2. The van der Waals surface area contributed by atoms with Crippen molar-refractivity contribution in [1.82, 2.24) is 0 Å². The van der Waals surface area contributed by atoms with Gasteiger partial charge in [0.25, 0.3) is 0 Å². The minimum Gasteiger partial charge on any atom is -0.392 e. The van der Waals surface area contributed by atoms with E-state index in [4.69, 9.17) is 12.8 Å². The van der Waals surface area contributed by atoms with E-state index >= 15 is 0 Å². The van der Waals surface area contributed by atoms with E-state index in [0.717, 1.165) is 27.8 Å². The number of hydrogen-bond acceptors (Lipinski definition) is 1. The van der Waals surface area contributed by atoms with Crippen LogP contribution in [0.1, 0.15) is 22.3 Å². The third-order valence-corrected chi connectivity index (χ3v) is 3.02. The molecule has 0 aliphatic rings. The van der Waals surface area contributed by atoms with Crippen LogP contribution in [0.5, 0.6) is 0 Å². The topological polar surface area (TPSA) is 20.2 Å². The molecule has 0 atom stereocenters. The third kappa shape index (κ3) is 2.98. The van der Waals surface area contributed by atoms with Gasteiger partial charge < -0.3 is 5.11 Å². The van der Waals surface area contributed by atoms with Gasteiger partial charge in [0, 0.05) is 11.1 Å². The van der Waals surface area contributed by atoms with Crippen LogP contribution in [0.15, 0.2) is 54.6 Å². The Kier molecular flexibility index (Phi) is 4.40. The summed E-state index contributed by atoms with van der Waals surface area (Å²) in [6, 6.07) is 15.3. The molecule has 0 unspecified atom stereocenters. The molecule has 0 aliphatic heterocycles. The minimum atomic E-state index is -0.0247. The zero-order valence-electron chi connectivity index (χ0n) is 11.0. The molecular formula is C19H14O. The maximum Gasteiger partial charge on any atom is 0.0621 e. The highest BCUT2D eigenvalue weighted by Gasteiger charge is 2.04. The Labute approximate surface area is 119 Å². The Morgan fingerprint density at radius 2 is 1.25 bits per heavy atom. The molecule has 0 fully saturated rings. The predicted octanol–water partition coefficient (Wildman–Crippen LogP) is 3.07. The molecule has 0 saturated heterocycles. The van der Waals surface area contributed by atoms with E-state index < -0.39 is 0 Å². The highest BCUT2D eigenvalue weighted by molar-refractivity contribution is 5.80. The second-order valence-electron chi connectivity index (χ2n) is 4.24. The Morgan fingerprint density at radius 3 is 1.55 bits per heavy atom. The van der Waals surface area contributed by atoms with Crippen molar-refractivity contribution in [2.45, 2.75) is 0 Å². The number of rotatable bonds is 3. The molecule has 0 amide bonds. The summed E-state index contributed by atoms with van der Waals surface area (Å²) in [6.45, 7) is -0.0247. The van der Waals surface area contributed by atoms with Crippen molar-refractivity contribution in [3.05, 3.63) is 76.9 Å². The molecule has 20 heavy (non-hydrogen) atoms. The smallest absolute Gasteiger partial charge is 0.0621 e. The van der Waals surface area contributed by atoms with Crippen molar-refractivity contribution in [2.24, 2.45) is 0 Å². The van der Waals surface area contributed by atoms with Crippen LogP contribution in [-0.2, 0) is 0 Å². The summed E-state index contributed by atoms with van der Waals surface area (Å²) in [5.74, 6) is 5.18. The van der Waals surface area contributed by atoms with Crippen LogP contribution in [0.2, 0.25) is 0 Å². The number of aliphatic hydroxyl groups is 1. The summed E-state index contributed by atoms with van der Waals surface area (Å²) in [6.07, 6.45) is 12.5. The molecule has 0 spiro atoms. The van der Waals surface area contributed by atoms with Crippen LogP contribution in [0.25, 0.3) is 5.57 Å². The van der Waals surface area contributed by atoms with Gasteiger partial charge in [0.1, 0.15) is 0 Å². The van der Waals surface area contributed by atoms with Gasteiger partial charge in [-0.15, -0.1) is 12.8 Å². The van der Waals surface area contributed by atoms with E-state index in [1.165, 1.54) is 0 Å². The Bertz CT molecular complexity index is 630. The van der Waals surface area contributed by atoms with Crippen molar-refractivity contribution in [3.8, 4) is 24.7 Å². The van der Waals surface area contributed by atoms with Crippen LogP contribution in [-0.4, -0.2) is 11.7 Å². The highest BCUT2D eigenvalue weighted by atomic mass is 16.2. The number of aliphatic hydroxyl groups excluding tert-OH is 1. The molecule has 0 saturated carbocycles. The van der Waals surface area contributed by atoms with Gasteiger partial charge in [0.2, 0.25) is 0 Å². The second-order valence-corrected chi connectivity index (χ2v) is 4.24. The van der Waals surface area contributed by atoms with Crippen molar-refractivity contribution in [3.63, 3.8) is 0 Å². The fraction of sp³-hybridized carbons (Fsp3) is 0.0526. The van der Waals surface area contributed by atoms with Gasteiger partial charge in [-0.3, -0.25) is 0 Å². The van der Waals surface area contributed by atoms with Gasteiger partial charge in [-0.1, -0.05) is 42.2 Å². The van der Waals surface area contributed by atoms with Crippen molar-refractivity contribution >= 4 is 5.57 Å². The molecule has 2 aromatic carbocycles. The molecule has 0 bridgehead atoms. The van der Waals surface area contributed by atoms with E-state index in [2.05, 4.69) is 11.8 Å². The Morgan fingerprint density at radius 1 is 0.850 bits per heavy atom. The Hall–Kier alpha value is -2.74. The first-order valence-corrected chi connectivity index (χ1v) is 6.23. The minimum absolute atomic E-state index is 0.0247. The third-order valence-electron chi connectivity index (χ3n) is 3.02. The summed E-state index contributed by atoms with van der Waals surface area (Å²) in [4.78, 5) is 0. The van der Waals surface area contributed by atoms with E-state index in [1.54, 1.807) is 6.08 Å². The van der Waals surface area contributed by atoms with Crippen LogP contribution in [0.3, 0.4) is 0 Å². The van der Waals surface area contributed by atoms with Crippen LogP contribution < -0.4 is 0 Å². The van der Waals surface area contributed by atoms with Crippen LogP contribution in [0.4, 0.5) is 0 Å². The first-order chi connectivity index (χ1) is 9.78. The second kappa shape index (κ2) is 6.43. The molecule has 0 heterocycles. The molecule has 0 aliphatic carbocycles. The first kappa shape index (κ1) is 13.7. The first-order valence-electron chi connectivity index (χ1n) is 6.23. The van der Waals surface area contributed by atoms with Crippen molar-refractivity contribution in [1.29, 1.82) is 0 Å². The van der Waals surface area contributed by atoms with Crippen molar-refractivity contribution in [2.75, 3.05) is 6.61 Å². The lowest BCUT2D eigenvalue weighted by molar-refractivity contribution is 0.343. The summed E-state index contributed by atoms with van der Waals surface area (Å²) in [5, 5.41) is 9.22. The number of benzene rings is 2. The molecule has 96 valence electrons. The summed E-state index contributed by atoms with van der Waals surface area (Å²) in [7, 11) is 0. The zero-order chi connectivity index (χ0) is 14.4. The van der Waals surface area contributed by atoms with Gasteiger partial charge in [-0.05, 0) is 41.0 Å². The van der Waals surface area contributed by atoms with Crippen LogP contribution >= 0.6 is 0 Å². The lowest BCUT2D eigenvalue weighted by Gasteiger charge is -2.09. The van der Waals surface area contributed by atoms with Crippen LogP contribution in [0, 0.1) is 24.7 Å². The zero-order valence-corrected chi connectivity index (χ0v) is 11.0. The lowest BCUT2D eigenvalue weighted by Crippen LogP contribution is -1.91. The molecule has 2 rings (SSSR count). The maximum absolute atomic E-state index is 9.22. The average Bonchev–Trinajstić information content (AvgIpc) is 2.53. The predicted molar refractivity (Wildman–Crippen MR) is 82.9 cm³/mol. The average molecular weight is 258 g/mol. The molecule has 1 heteroatoms. The molecule has 1 nitrogen and oxygen atoms in total. The highest BCUT2D eigenvalue weighted by Crippen LogP contribution is 2.24.